The number of carbonyl (C=O) groups is 1. The normalized spacial score (nSPS) is 11.9. The van der Waals surface area contributed by atoms with Crippen LogP contribution in [-0.2, 0) is 4.79 Å². The molecule has 0 fully saturated rings. The van der Waals surface area contributed by atoms with Gasteiger partial charge in [-0.2, -0.15) is 4.98 Å². The molecule has 0 saturated carbocycles. The molecule has 0 aliphatic rings. The van der Waals surface area contributed by atoms with Crippen LogP contribution in [-0.4, -0.2) is 34.7 Å². The van der Waals surface area contributed by atoms with Crippen molar-refractivity contribution < 1.29 is 14.6 Å². The summed E-state index contributed by atoms with van der Waals surface area (Å²) in [4.78, 5) is 18.5. The van der Waals surface area contributed by atoms with Gasteiger partial charge in [0.2, 0.25) is 11.8 Å². The van der Waals surface area contributed by atoms with Crippen LogP contribution in [0.4, 0.5) is 5.95 Å². The molecule has 2 N–H and O–H groups in total. The maximum absolute atomic E-state index is 10.4. The predicted molar refractivity (Wildman–Crippen MR) is 58.5 cm³/mol. The van der Waals surface area contributed by atoms with Gasteiger partial charge in [-0.1, -0.05) is 6.92 Å². The van der Waals surface area contributed by atoms with Crippen LogP contribution in [0.3, 0.4) is 0 Å². The molecule has 1 heterocycles. The Morgan fingerprint density at radius 2 is 2.44 bits per heavy atom. The topological polar surface area (TPSA) is 84.3 Å². The Bertz CT molecular complexity index is 357. The van der Waals surface area contributed by atoms with Crippen molar-refractivity contribution in [1.82, 2.24) is 9.97 Å². The molecule has 1 atom stereocenters. The lowest BCUT2D eigenvalue weighted by atomic mass is 10.1. The average Bonchev–Trinajstić information content (AvgIpc) is 2.26. The molecule has 1 rings (SSSR count). The molecule has 1 unspecified atom stereocenters. The van der Waals surface area contributed by atoms with E-state index >= 15 is 0 Å². The van der Waals surface area contributed by atoms with E-state index in [1.807, 2.05) is 6.92 Å². The zero-order chi connectivity index (χ0) is 12.0. The number of nitrogens with one attached hydrogen (secondary N) is 1. The van der Waals surface area contributed by atoms with Gasteiger partial charge in [-0.3, -0.25) is 4.79 Å². The molecule has 0 bridgehead atoms. The minimum atomic E-state index is -0.805. The molecule has 0 aliphatic heterocycles. The smallest absolute Gasteiger partial charge is 0.303 e. The van der Waals surface area contributed by atoms with Gasteiger partial charge < -0.3 is 15.2 Å². The van der Waals surface area contributed by atoms with Crippen molar-refractivity contribution in [2.24, 2.45) is 5.92 Å². The van der Waals surface area contributed by atoms with Crippen molar-refractivity contribution in [3.05, 3.63) is 12.3 Å². The van der Waals surface area contributed by atoms with E-state index in [2.05, 4.69) is 15.3 Å². The summed E-state index contributed by atoms with van der Waals surface area (Å²) < 4.78 is 4.94. The molecule has 0 saturated heterocycles. The second kappa shape index (κ2) is 5.89. The average molecular weight is 225 g/mol. The first kappa shape index (κ1) is 12.2. The van der Waals surface area contributed by atoms with Gasteiger partial charge in [-0.05, 0) is 5.92 Å². The molecule has 6 nitrogen and oxygen atoms in total. The van der Waals surface area contributed by atoms with Crippen molar-refractivity contribution in [2.75, 3.05) is 19.0 Å². The third kappa shape index (κ3) is 4.12. The summed E-state index contributed by atoms with van der Waals surface area (Å²) in [6.07, 6.45) is 1.70. The largest absolute Gasteiger partial charge is 0.481 e. The van der Waals surface area contributed by atoms with Crippen LogP contribution < -0.4 is 10.1 Å². The zero-order valence-electron chi connectivity index (χ0n) is 9.30. The van der Waals surface area contributed by atoms with Gasteiger partial charge in [0.25, 0.3) is 0 Å². The number of aliphatic carboxylic acids is 1. The summed E-state index contributed by atoms with van der Waals surface area (Å²) in [6.45, 7) is 2.36. The highest BCUT2D eigenvalue weighted by molar-refractivity contribution is 5.67. The third-order valence-corrected chi connectivity index (χ3v) is 1.97. The molecule has 16 heavy (non-hydrogen) atoms. The van der Waals surface area contributed by atoms with Gasteiger partial charge in [-0.15, -0.1) is 0 Å². The Kier molecular flexibility index (Phi) is 4.50. The van der Waals surface area contributed by atoms with E-state index < -0.39 is 5.97 Å². The number of nitrogens with zero attached hydrogens (tertiary/aromatic N) is 2. The standard InChI is InChI=1S/C10H15N3O3/c1-7(5-9(14)15)6-12-10-11-4-3-8(13-10)16-2/h3-4,7H,5-6H2,1-2H3,(H,14,15)(H,11,12,13). The van der Waals surface area contributed by atoms with E-state index in [0.29, 0.717) is 18.4 Å². The summed E-state index contributed by atoms with van der Waals surface area (Å²) in [5, 5.41) is 11.5. The summed E-state index contributed by atoms with van der Waals surface area (Å²) in [5.74, 6) is 0.133. The molecular formula is C10H15N3O3. The van der Waals surface area contributed by atoms with Crippen LogP contribution >= 0.6 is 0 Å². The Morgan fingerprint density at radius 3 is 3.06 bits per heavy atom. The molecule has 0 radical (unpaired) electrons. The van der Waals surface area contributed by atoms with E-state index in [-0.39, 0.29) is 12.3 Å². The van der Waals surface area contributed by atoms with Crippen molar-refractivity contribution in [3.8, 4) is 5.88 Å². The lowest BCUT2D eigenvalue weighted by Gasteiger charge is -2.10. The van der Waals surface area contributed by atoms with Crippen LogP contribution in [0.2, 0.25) is 0 Å². The number of hydrogen-bond donors (Lipinski definition) is 2. The number of carboxylic acid groups (broad SMARTS) is 1. The number of aromatic nitrogens is 2. The first-order valence-electron chi connectivity index (χ1n) is 4.94. The van der Waals surface area contributed by atoms with Crippen molar-refractivity contribution in [3.63, 3.8) is 0 Å². The Hall–Kier alpha value is -1.85. The maximum atomic E-state index is 10.4. The number of rotatable bonds is 6. The highest BCUT2D eigenvalue weighted by atomic mass is 16.5. The number of carboxylic acids is 1. The highest BCUT2D eigenvalue weighted by Crippen LogP contribution is 2.08. The quantitative estimate of drug-likeness (QED) is 0.751. The zero-order valence-corrected chi connectivity index (χ0v) is 9.30. The fourth-order valence-corrected chi connectivity index (χ4v) is 1.18. The lowest BCUT2D eigenvalue weighted by molar-refractivity contribution is -0.137. The third-order valence-electron chi connectivity index (χ3n) is 1.97. The highest BCUT2D eigenvalue weighted by Gasteiger charge is 2.08. The van der Waals surface area contributed by atoms with Crippen LogP contribution in [0.25, 0.3) is 0 Å². The monoisotopic (exact) mass is 225 g/mol. The molecule has 0 aromatic carbocycles. The second-order valence-electron chi connectivity index (χ2n) is 3.51. The Morgan fingerprint density at radius 1 is 1.69 bits per heavy atom. The molecule has 88 valence electrons. The number of anilines is 1. The second-order valence-corrected chi connectivity index (χ2v) is 3.51. The van der Waals surface area contributed by atoms with E-state index in [1.165, 1.54) is 7.11 Å². The van der Waals surface area contributed by atoms with Gasteiger partial charge in [0.05, 0.1) is 7.11 Å². The minimum absolute atomic E-state index is 0.0206. The molecule has 1 aromatic rings. The van der Waals surface area contributed by atoms with Crippen molar-refractivity contribution in [1.29, 1.82) is 0 Å². The molecule has 1 aromatic heterocycles. The van der Waals surface area contributed by atoms with Crippen LogP contribution in [0.1, 0.15) is 13.3 Å². The predicted octanol–water partition coefficient (Wildman–Crippen LogP) is 1.01. The van der Waals surface area contributed by atoms with Gasteiger partial charge in [-0.25, -0.2) is 4.98 Å². The lowest BCUT2D eigenvalue weighted by Crippen LogP contribution is -2.16. The van der Waals surface area contributed by atoms with Gasteiger partial charge >= 0.3 is 5.97 Å². The first-order valence-corrected chi connectivity index (χ1v) is 4.94. The SMILES string of the molecule is COc1ccnc(NCC(C)CC(=O)O)n1. The van der Waals surface area contributed by atoms with Gasteiger partial charge in [0.1, 0.15) is 0 Å². The van der Waals surface area contributed by atoms with Gasteiger partial charge in [0, 0.05) is 25.2 Å². The van der Waals surface area contributed by atoms with E-state index in [0.717, 1.165) is 0 Å². The minimum Gasteiger partial charge on any atom is -0.481 e. The van der Waals surface area contributed by atoms with Crippen LogP contribution in [0.15, 0.2) is 12.3 Å². The van der Waals surface area contributed by atoms with E-state index in [9.17, 15) is 4.79 Å². The van der Waals surface area contributed by atoms with E-state index in [1.54, 1.807) is 12.3 Å². The summed E-state index contributed by atoms with van der Waals surface area (Å²) >= 11 is 0. The molecule has 6 heteroatoms. The maximum Gasteiger partial charge on any atom is 0.303 e. The number of methoxy groups -OCH3 is 1. The molecular weight excluding hydrogens is 210 g/mol. The first-order chi connectivity index (χ1) is 7.61. The van der Waals surface area contributed by atoms with Gasteiger partial charge in [0.15, 0.2) is 0 Å². The van der Waals surface area contributed by atoms with Crippen LogP contribution in [0.5, 0.6) is 5.88 Å². The Labute approximate surface area is 93.7 Å². The summed E-state index contributed by atoms with van der Waals surface area (Å²) in [5.41, 5.74) is 0. The summed E-state index contributed by atoms with van der Waals surface area (Å²) in [7, 11) is 1.53. The number of ether oxygens (including phenoxy) is 1. The number of hydrogen-bond acceptors (Lipinski definition) is 5. The molecule has 0 amide bonds. The van der Waals surface area contributed by atoms with Crippen molar-refractivity contribution >= 4 is 11.9 Å². The van der Waals surface area contributed by atoms with Crippen LogP contribution in [0, 0.1) is 5.92 Å². The Balaban J connectivity index is 2.44. The molecule has 0 spiro atoms. The summed E-state index contributed by atoms with van der Waals surface area (Å²) in [6, 6.07) is 1.64. The fourth-order valence-electron chi connectivity index (χ4n) is 1.18. The fraction of sp³-hybridized carbons (Fsp3) is 0.500. The molecule has 0 aliphatic carbocycles. The van der Waals surface area contributed by atoms with E-state index in [4.69, 9.17) is 9.84 Å². The van der Waals surface area contributed by atoms with Crippen molar-refractivity contribution in [2.45, 2.75) is 13.3 Å².